The molecule has 0 saturated heterocycles. The number of hydrogen-bond acceptors (Lipinski definition) is 3. The second-order valence-corrected chi connectivity index (χ2v) is 14.7. The minimum Gasteiger partial charge on any atom is -0.456 e. The van der Waals surface area contributed by atoms with Crippen LogP contribution in [0.3, 0.4) is 0 Å². The first-order valence-corrected chi connectivity index (χ1v) is 18.8. The SMILES string of the molecule is CC1(c2ccccc2)c2ccccc2-c2ccc(-c3cc(-c4ccc(-c5ccc6oc7ccccc7c6c5)cc4)nc(-c4ccc5ccccc5c4)n3)cc21. The van der Waals surface area contributed by atoms with E-state index in [-0.39, 0.29) is 5.41 Å². The van der Waals surface area contributed by atoms with Gasteiger partial charge in [-0.2, -0.15) is 0 Å². The van der Waals surface area contributed by atoms with Gasteiger partial charge in [-0.1, -0.05) is 152 Å². The smallest absolute Gasteiger partial charge is 0.160 e. The fourth-order valence-electron chi connectivity index (χ4n) is 8.67. The third kappa shape index (κ3) is 5.04. The van der Waals surface area contributed by atoms with Crippen molar-refractivity contribution in [2.75, 3.05) is 0 Å². The van der Waals surface area contributed by atoms with Crippen LogP contribution < -0.4 is 0 Å². The number of fused-ring (bicyclic) bond motifs is 7. The van der Waals surface area contributed by atoms with E-state index in [9.17, 15) is 0 Å². The van der Waals surface area contributed by atoms with Gasteiger partial charge in [-0.3, -0.25) is 0 Å². The molecule has 8 aromatic carbocycles. The number of aromatic nitrogens is 2. The van der Waals surface area contributed by atoms with Crippen LogP contribution in [0.4, 0.5) is 0 Å². The molecule has 0 aliphatic heterocycles. The quantitative estimate of drug-likeness (QED) is 0.179. The van der Waals surface area contributed by atoms with Crippen LogP contribution >= 0.6 is 0 Å². The Bertz CT molecular complexity index is 3110. The van der Waals surface area contributed by atoms with E-state index in [0.717, 1.165) is 66.5 Å². The van der Waals surface area contributed by atoms with Gasteiger partial charge in [0.25, 0.3) is 0 Å². The van der Waals surface area contributed by atoms with Gasteiger partial charge < -0.3 is 4.42 Å². The van der Waals surface area contributed by atoms with E-state index < -0.39 is 0 Å². The molecular formula is C52H34N2O. The number of rotatable bonds is 5. The molecule has 0 bridgehead atoms. The fourth-order valence-corrected chi connectivity index (χ4v) is 8.67. The van der Waals surface area contributed by atoms with Gasteiger partial charge in [0.15, 0.2) is 5.82 Å². The van der Waals surface area contributed by atoms with Crippen LogP contribution in [0.25, 0.3) is 88.9 Å². The molecule has 3 nitrogen and oxygen atoms in total. The van der Waals surface area contributed by atoms with Crippen molar-refractivity contribution >= 4 is 32.7 Å². The van der Waals surface area contributed by atoms with E-state index >= 15 is 0 Å². The van der Waals surface area contributed by atoms with E-state index in [1.165, 1.54) is 33.2 Å². The zero-order valence-corrected chi connectivity index (χ0v) is 30.2. The van der Waals surface area contributed by atoms with Crippen molar-refractivity contribution in [3.63, 3.8) is 0 Å². The maximum atomic E-state index is 6.10. The molecular weight excluding hydrogens is 669 g/mol. The average molecular weight is 703 g/mol. The number of para-hydroxylation sites is 1. The van der Waals surface area contributed by atoms with Gasteiger partial charge >= 0.3 is 0 Å². The molecule has 2 aromatic heterocycles. The van der Waals surface area contributed by atoms with E-state index in [2.05, 4.69) is 183 Å². The molecule has 0 spiro atoms. The highest BCUT2D eigenvalue weighted by Crippen LogP contribution is 2.53. The monoisotopic (exact) mass is 702 g/mol. The Hall–Kier alpha value is -7.10. The summed E-state index contributed by atoms with van der Waals surface area (Å²) in [5.41, 5.74) is 15.1. The Balaban J connectivity index is 1.05. The van der Waals surface area contributed by atoms with Gasteiger partial charge in [0.05, 0.1) is 11.4 Å². The second kappa shape index (κ2) is 12.2. The number of nitrogens with zero attached hydrogens (tertiary/aromatic N) is 2. The van der Waals surface area contributed by atoms with Gasteiger partial charge in [-0.05, 0) is 93.0 Å². The van der Waals surface area contributed by atoms with Gasteiger partial charge in [-0.15, -0.1) is 0 Å². The Morgan fingerprint density at radius 3 is 1.91 bits per heavy atom. The Labute approximate surface area is 319 Å². The fraction of sp³-hybridized carbons (Fsp3) is 0.0385. The minimum absolute atomic E-state index is 0.304. The third-order valence-electron chi connectivity index (χ3n) is 11.6. The lowest BCUT2D eigenvalue weighted by Gasteiger charge is -2.28. The Morgan fingerprint density at radius 2 is 1.04 bits per heavy atom. The van der Waals surface area contributed by atoms with Crippen molar-refractivity contribution in [1.82, 2.24) is 9.97 Å². The zero-order valence-electron chi connectivity index (χ0n) is 30.2. The normalized spacial score (nSPS) is 14.7. The first kappa shape index (κ1) is 31.4. The van der Waals surface area contributed by atoms with Crippen molar-refractivity contribution in [3.8, 4) is 56.2 Å². The first-order valence-electron chi connectivity index (χ1n) is 18.8. The van der Waals surface area contributed by atoms with Crippen molar-refractivity contribution in [2.45, 2.75) is 12.3 Å². The molecule has 0 N–H and O–H groups in total. The largest absolute Gasteiger partial charge is 0.456 e. The molecule has 0 fully saturated rings. The molecule has 258 valence electrons. The lowest BCUT2D eigenvalue weighted by molar-refractivity contribution is 0.669. The number of furan rings is 1. The topological polar surface area (TPSA) is 38.9 Å². The van der Waals surface area contributed by atoms with Crippen LogP contribution in [0.2, 0.25) is 0 Å². The van der Waals surface area contributed by atoms with Crippen LogP contribution in [0.15, 0.2) is 192 Å². The summed E-state index contributed by atoms with van der Waals surface area (Å²) in [6.45, 7) is 2.36. The molecule has 1 aliphatic carbocycles. The summed E-state index contributed by atoms with van der Waals surface area (Å²) in [4.78, 5) is 10.5. The van der Waals surface area contributed by atoms with Crippen molar-refractivity contribution < 1.29 is 4.42 Å². The standard InChI is InChI=1S/C52H34N2O/c1-52(40-13-3-2-4-14-40)45-17-9-7-15-41(45)42-27-25-38(31-46(42)52)48-32-47(53-51(54-48)39-24-21-33-11-5-6-12-36(33)29-39)35-22-19-34(20-23-35)37-26-28-50-44(30-37)43-16-8-10-18-49(43)55-50/h2-32H,1H3. The van der Waals surface area contributed by atoms with Crippen molar-refractivity contribution in [3.05, 3.63) is 205 Å². The molecule has 1 aliphatic rings. The molecule has 0 saturated carbocycles. The highest BCUT2D eigenvalue weighted by Gasteiger charge is 2.40. The molecule has 10 aromatic rings. The maximum absolute atomic E-state index is 6.10. The van der Waals surface area contributed by atoms with Gasteiger partial charge in [-0.25, -0.2) is 9.97 Å². The number of hydrogen-bond donors (Lipinski definition) is 0. The van der Waals surface area contributed by atoms with E-state index in [4.69, 9.17) is 14.4 Å². The number of benzene rings is 8. The summed E-state index contributed by atoms with van der Waals surface area (Å²) >= 11 is 0. The second-order valence-electron chi connectivity index (χ2n) is 14.7. The summed E-state index contributed by atoms with van der Waals surface area (Å²) in [7, 11) is 0. The summed E-state index contributed by atoms with van der Waals surface area (Å²) < 4.78 is 6.10. The summed E-state index contributed by atoms with van der Waals surface area (Å²) in [5, 5.41) is 4.61. The molecule has 1 atom stereocenters. The summed E-state index contributed by atoms with van der Waals surface area (Å²) in [6, 6.07) is 67.0. The highest BCUT2D eigenvalue weighted by molar-refractivity contribution is 6.06. The van der Waals surface area contributed by atoms with E-state index in [0.29, 0.717) is 5.82 Å². The van der Waals surface area contributed by atoms with Crippen LogP contribution in [-0.4, -0.2) is 9.97 Å². The van der Waals surface area contributed by atoms with Gasteiger partial charge in [0.2, 0.25) is 0 Å². The summed E-state index contributed by atoms with van der Waals surface area (Å²) in [5.74, 6) is 0.703. The molecule has 55 heavy (non-hydrogen) atoms. The molecule has 1 unspecified atom stereocenters. The van der Waals surface area contributed by atoms with E-state index in [1.54, 1.807) is 0 Å². The predicted octanol–water partition coefficient (Wildman–Crippen LogP) is 13.5. The maximum Gasteiger partial charge on any atom is 0.160 e. The van der Waals surface area contributed by atoms with Crippen molar-refractivity contribution in [2.24, 2.45) is 0 Å². The predicted molar refractivity (Wildman–Crippen MR) is 226 cm³/mol. The highest BCUT2D eigenvalue weighted by atomic mass is 16.3. The average Bonchev–Trinajstić information content (AvgIpc) is 3.76. The molecule has 0 radical (unpaired) electrons. The van der Waals surface area contributed by atoms with Crippen molar-refractivity contribution in [1.29, 1.82) is 0 Å². The first-order chi connectivity index (χ1) is 27.1. The Kier molecular flexibility index (Phi) is 6.99. The lowest BCUT2D eigenvalue weighted by Crippen LogP contribution is -2.22. The van der Waals surface area contributed by atoms with Gasteiger partial charge in [0, 0.05) is 32.9 Å². The van der Waals surface area contributed by atoms with Crippen LogP contribution in [0.5, 0.6) is 0 Å². The van der Waals surface area contributed by atoms with Crippen LogP contribution in [0, 0.1) is 0 Å². The van der Waals surface area contributed by atoms with Crippen LogP contribution in [-0.2, 0) is 5.41 Å². The molecule has 2 heterocycles. The summed E-state index contributed by atoms with van der Waals surface area (Å²) in [6.07, 6.45) is 0. The molecule has 3 heteroatoms. The zero-order chi connectivity index (χ0) is 36.5. The van der Waals surface area contributed by atoms with Gasteiger partial charge in [0.1, 0.15) is 11.2 Å². The molecule has 0 amide bonds. The minimum atomic E-state index is -0.304. The third-order valence-corrected chi connectivity index (χ3v) is 11.6. The van der Waals surface area contributed by atoms with Crippen LogP contribution in [0.1, 0.15) is 23.6 Å². The Morgan fingerprint density at radius 1 is 0.400 bits per heavy atom. The lowest BCUT2D eigenvalue weighted by atomic mass is 9.74. The van der Waals surface area contributed by atoms with E-state index in [1.807, 2.05) is 12.1 Å². The molecule has 11 rings (SSSR count).